The number of imide groups is 1. The number of rotatable bonds is 4. The van der Waals surface area contributed by atoms with Crippen LogP contribution in [-0.2, 0) is 14.4 Å². The Morgan fingerprint density at radius 3 is 2.63 bits per heavy atom. The zero-order valence-corrected chi connectivity index (χ0v) is 10.1. The fourth-order valence-electron chi connectivity index (χ4n) is 1.96. The van der Waals surface area contributed by atoms with Crippen LogP contribution in [0, 0.1) is 0 Å². The average Bonchev–Trinajstić information content (AvgIpc) is 2.79. The van der Waals surface area contributed by atoms with Gasteiger partial charge in [0.15, 0.2) is 6.61 Å². The van der Waals surface area contributed by atoms with E-state index >= 15 is 0 Å². The third kappa shape index (κ3) is 2.90. The fraction of sp³-hybridized carbons (Fsp3) is 0.308. The topological polar surface area (TPSA) is 83.9 Å². The summed E-state index contributed by atoms with van der Waals surface area (Å²) in [5.41, 5.74) is 0. The highest BCUT2D eigenvalue weighted by Crippen LogP contribution is 2.19. The van der Waals surface area contributed by atoms with E-state index in [0.717, 1.165) is 4.90 Å². The highest BCUT2D eigenvalue weighted by atomic mass is 16.5. The summed E-state index contributed by atoms with van der Waals surface area (Å²) in [5, 5.41) is 8.95. The van der Waals surface area contributed by atoms with E-state index in [1.165, 1.54) is 0 Å². The molecule has 0 aliphatic carbocycles. The van der Waals surface area contributed by atoms with Crippen molar-refractivity contribution in [3.63, 3.8) is 0 Å². The first kappa shape index (κ1) is 13.1. The number of carbonyl (C=O) groups excluding carboxylic acids is 2. The number of nitrogens with zero attached hydrogens (tertiary/aromatic N) is 1. The summed E-state index contributed by atoms with van der Waals surface area (Å²) in [6, 6.07) is 7.59. The normalized spacial score (nSPS) is 18.4. The van der Waals surface area contributed by atoms with Crippen LogP contribution in [0.2, 0.25) is 0 Å². The second-order valence-corrected chi connectivity index (χ2v) is 4.15. The molecule has 100 valence electrons. The molecular weight excluding hydrogens is 250 g/mol. The molecule has 1 aliphatic rings. The van der Waals surface area contributed by atoms with E-state index in [9.17, 15) is 14.4 Å². The Morgan fingerprint density at radius 2 is 2.00 bits per heavy atom. The molecule has 1 aliphatic heterocycles. The van der Waals surface area contributed by atoms with Crippen LogP contribution in [0.1, 0.15) is 12.8 Å². The molecule has 1 aromatic rings. The third-order valence-electron chi connectivity index (χ3n) is 2.87. The maximum absolute atomic E-state index is 11.9. The molecule has 1 unspecified atom stereocenters. The largest absolute Gasteiger partial charge is 0.484 e. The molecule has 0 spiro atoms. The SMILES string of the molecule is O=C(O)C1CCC(=O)N1C(=O)COc1ccccc1. The fourth-order valence-corrected chi connectivity index (χ4v) is 1.96. The number of carboxylic acids is 1. The predicted molar refractivity (Wildman–Crippen MR) is 64.4 cm³/mol. The second-order valence-electron chi connectivity index (χ2n) is 4.15. The summed E-state index contributed by atoms with van der Waals surface area (Å²) >= 11 is 0. The van der Waals surface area contributed by atoms with Crippen molar-refractivity contribution >= 4 is 17.8 Å². The Hall–Kier alpha value is -2.37. The highest BCUT2D eigenvalue weighted by Gasteiger charge is 2.40. The van der Waals surface area contributed by atoms with Gasteiger partial charge in [-0.1, -0.05) is 18.2 Å². The van der Waals surface area contributed by atoms with Gasteiger partial charge < -0.3 is 9.84 Å². The molecule has 1 saturated heterocycles. The van der Waals surface area contributed by atoms with Gasteiger partial charge in [-0.15, -0.1) is 0 Å². The van der Waals surface area contributed by atoms with Crippen LogP contribution >= 0.6 is 0 Å². The first-order valence-corrected chi connectivity index (χ1v) is 5.85. The van der Waals surface area contributed by atoms with Gasteiger partial charge in [-0.05, 0) is 18.6 Å². The lowest BCUT2D eigenvalue weighted by Crippen LogP contribution is -2.45. The average molecular weight is 263 g/mol. The zero-order valence-electron chi connectivity index (χ0n) is 10.1. The number of benzene rings is 1. The molecule has 19 heavy (non-hydrogen) atoms. The Bertz CT molecular complexity index is 499. The monoisotopic (exact) mass is 263 g/mol. The summed E-state index contributed by atoms with van der Waals surface area (Å²) in [5.74, 6) is -1.76. The Morgan fingerprint density at radius 1 is 1.32 bits per heavy atom. The molecule has 1 aromatic carbocycles. The molecule has 2 rings (SSSR count). The number of carbonyl (C=O) groups is 3. The van der Waals surface area contributed by atoms with Crippen LogP contribution in [0.5, 0.6) is 5.75 Å². The maximum atomic E-state index is 11.9. The quantitative estimate of drug-likeness (QED) is 0.863. The summed E-state index contributed by atoms with van der Waals surface area (Å²) < 4.78 is 5.22. The van der Waals surface area contributed by atoms with E-state index in [2.05, 4.69) is 0 Å². The number of ether oxygens (including phenoxy) is 1. The number of likely N-dealkylation sites (tertiary alicyclic amines) is 1. The van der Waals surface area contributed by atoms with Gasteiger partial charge in [-0.3, -0.25) is 14.5 Å². The lowest BCUT2D eigenvalue weighted by atomic mass is 10.2. The van der Waals surface area contributed by atoms with Crippen molar-refractivity contribution in [2.45, 2.75) is 18.9 Å². The highest BCUT2D eigenvalue weighted by molar-refractivity contribution is 6.02. The predicted octanol–water partition coefficient (Wildman–Crippen LogP) is 0.668. The van der Waals surface area contributed by atoms with Crippen molar-refractivity contribution in [2.24, 2.45) is 0 Å². The smallest absolute Gasteiger partial charge is 0.326 e. The molecule has 1 atom stereocenters. The van der Waals surface area contributed by atoms with Crippen molar-refractivity contribution in [1.82, 2.24) is 4.90 Å². The molecule has 0 radical (unpaired) electrons. The third-order valence-corrected chi connectivity index (χ3v) is 2.87. The number of para-hydroxylation sites is 1. The van der Waals surface area contributed by atoms with E-state index in [1.54, 1.807) is 30.3 Å². The van der Waals surface area contributed by atoms with Gasteiger partial charge in [-0.25, -0.2) is 4.79 Å². The van der Waals surface area contributed by atoms with Gasteiger partial charge in [-0.2, -0.15) is 0 Å². The molecule has 1 heterocycles. The summed E-state index contributed by atoms with van der Waals surface area (Å²) in [4.78, 5) is 35.1. The van der Waals surface area contributed by atoms with Crippen molar-refractivity contribution in [1.29, 1.82) is 0 Å². The molecule has 6 nitrogen and oxygen atoms in total. The molecule has 0 aromatic heterocycles. The van der Waals surface area contributed by atoms with Crippen molar-refractivity contribution in [3.8, 4) is 5.75 Å². The Kier molecular flexibility index (Phi) is 3.79. The van der Waals surface area contributed by atoms with Crippen molar-refractivity contribution < 1.29 is 24.2 Å². The maximum Gasteiger partial charge on any atom is 0.326 e. The first-order valence-electron chi connectivity index (χ1n) is 5.85. The lowest BCUT2D eigenvalue weighted by Gasteiger charge is -2.19. The van der Waals surface area contributed by atoms with Crippen LogP contribution in [-0.4, -0.2) is 40.4 Å². The first-order chi connectivity index (χ1) is 9.09. The molecule has 1 fully saturated rings. The van der Waals surface area contributed by atoms with Crippen LogP contribution in [0.3, 0.4) is 0 Å². The van der Waals surface area contributed by atoms with Crippen LogP contribution in [0.4, 0.5) is 0 Å². The minimum absolute atomic E-state index is 0.0774. The van der Waals surface area contributed by atoms with Gasteiger partial charge in [0.1, 0.15) is 11.8 Å². The molecule has 1 N–H and O–H groups in total. The van der Waals surface area contributed by atoms with E-state index in [-0.39, 0.29) is 19.4 Å². The van der Waals surface area contributed by atoms with E-state index < -0.39 is 23.8 Å². The number of hydrogen-bond donors (Lipinski definition) is 1. The standard InChI is InChI=1S/C13H13NO5/c15-11-7-6-10(13(17)18)14(11)12(16)8-19-9-4-2-1-3-5-9/h1-5,10H,6-8H2,(H,17,18). The molecular formula is C13H13NO5. The second kappa shape index (κ2) is 5.51. The van der Waals surface area contributed by atoms with E-state index in [0.29, 0.717) is 5.75 Å². The van der Waals surface area contributed by atoms with Crippen molar-refractivity contribution in [2.75, 3.05) is 6.61 Å². The van der Waals surface area contributed by atoms with Crippen molar-refractivity contribution in [3.05, 3.63) is 30.3 Å². The molecule has 0 bridgehead atoms. The summed E-state index contributed by atoms with van der Waals surface area (Å²) in [7, 11) is 0. The summed E-state index contributed by atoms with van der Waals surface area (Å²) in [6.45, 7) is -0.348. The Labute approximate surface area is 109 Å². The van der Waals surface area contributed by atoms with Gasteiger partial charge in [0, 0.05) is 6.42 Å². The number of carboxylic acid groups (broad SMARTS) is 1. The zero-order chi connectivity index (χ0) is 13.8. The van der Waals surface area contributed by atoms with Crippen LogP contribution in [0.25, 0.3) is 0 Å². The van der Waals surface area contributed by atoms with Gasteiger partial charge in [0.2, 0.25) is 5.91 Å². The molecule has 0 saturated carbocycles. The minimum atomic E-state index is -1.17. The Balaban J connectivity index is 1.99. The molecule has 6 heteroatoms. The van der Waals surface area contributed by atoms with Crippen LogP contribution < -0.4 is 4.74 Å². The van der Waals surface area contributed by atoms with Gasteiger partial charge in [0.05, 0.1) is 0 Å². The summed E-state index contributed by atoms with van der Waals surface area (Å²) in [6.07, 6.45) is 0.235. The van der Waals surface area contributed by atoms with E-state index in [1.807, 2.05) is 0 Å². The number of amides is 2. The number of aliphatic carboxylic acids is 1. The van der Waals surface area contributed by atoms with Gasteiger partial charge in [0.25, 0.3) is 5.91 Å². The molecule has 2 amide bonds. The van der Waals surface area contributed by atoms with Crippen LogP contribution in [0.15, 0.2) is 30.3 Å². The lowest BCUT2D eigenvalue weighted by molar-refractivity contribution is -0.154. The van der Waals surface area contributed by atoms with Gasteiger partial charge >= 0.3 is 5.97 Å². The number of hydrogen-bond acceptors (Lipinski definition) is 4. The minimum Gasteiger partial charge on any atom is -0.484 e. The van der Waals surface area contributed by atoms with E-state index in [4.69, 9.17) is 9.84 Å².